The fourth-order valence-corrected chi connectivity index (χ4v) is 21.0. The Balaban J connectivity index is 0.728. The molecule has 0 saturated heterocycles. The van der Waals surface area contributed by atoms with Crippen molar-refractivity contribution >= 4 is 34.1 Å². The van der Waals surface area contributed by atoms with Gasteiger partial charge in [-0.3, -0.25) is 0 Å². The highest BCUT2D eigenvalue weighted by Gasteiger charge is 2.55. The Kier molecular flexibility index (Phi) is 13.6. The maximum atomic E-state index is 2.60. The van der Waals surface area contributed by atoms with Crippen molar-refractivity contribution in [3.8, 4) is 100 Å². The number of rotatable bonds is 9. The van der Waals surface area contributed by atoms with Gasteiger partial charge in [0, 0.05) is 44.7 Å². The molecule has 0 bridgehead atoms. The van der Waals surface area contributed by atoms with Crippen LogP contribution in [0.15, 0.2) is 358 Å². The van der Waals surface area contributed by atoms with E-state index in [9.17, 15) is 0 Å². The first-order valence-electron chi connectivity index (χ1n) is 39.1. The first-order chi connectivity index (χ1) is 53.7. The molecule has 0 heterocycles. The van der Waals surface area contributed by atoms with Crippen molar-refractivity contribution in [3.05, 3.63) is 430 Å². The standard InChI is InChI=1S/C108H80N2/c1-104(2,3)73-50-52-74(53-51-73)109(76-54-58-81-78-33-14-19-38-88(78)105(4,5)96(81)65-76)100-45-25-43-94-102(100)85-36-17-22-41-91(85)107(94)90-40-21-16-35-80(90)87-62-70(49-60-93(87)107)69-31-24-32-75(61-69)110(77-55-59-82-79-34-15-20-39-89(79)106(6,7)97(82)66-77)101-46-26-44-95-103(101)86-37-18-23-42-92(86)108(95)98-63-71(67-27-10-8-11-28-67)47-56-83(98)84-57-48-72(64-99(84)108)68-29-12-9-13-30-68/h8-66H,1-7H3. The Morgan fingerprint density at radius 3 is 1.03 bits per heavy atom. The number of hydrogen-bond acceptors (Lipinski definition) is 2. The molecule has 6 aliphatic rings. The summed E-state index contributed by atoms with van der Waals surface area (Å²) in [7, 11) is 0. The minimum Gasteiger partial charge on any atom is -0.310 e. The largest absolute Gasteiger partial charge is 0.310 e. The molecule has 0 fully saturated rings. The number of anilines is 6. The van der Waals surface area contributed by atoms with Crippen molar-refractivity contribution in [2.24, 2.45) is 0 Å². The van der Waals surface area contributed by atoms with Crippen LogP contribution in [0.2, 0.25) is 0 Å². The third-order valence-electron chi connectivity index (χ3n) is 26.1. The quantitative estimate of drug-likeness (QED) is 0.142. The van der Waals surface area contributed by atoms with E-state index in [1.807, 2.05) is 0 Å². The third-order valence-corrected chi connectivity index (χ3v) is 26.1. The van der Waals surface area contributed by atoms with Gasteiger partial charge in [0.1, 0.15) is 0 Å². The van der Waals surface area contributed by atoms with Crippen LogP contribution >= 0.6 is 0 Å². The molecule has 110 heavy (non-hydrogen) atoms. The maximum Gasteiger partial charge on any atom is 0.0726 e. The van der Waals surface area contributed by atoms with E-state index >= 15 is 0 Å². The lowest BCUT2D eigenvalue weighted by molar-refractivity contribution is 0.590. The summed E-state index contributed by atoms with van der Waals surface area (Å²) >= 11 is 0. The van der Waals surface area contributed by atoms with E-state index in [0.717, 1.165) is 34.0 Å². The molecule has 16 aromatic carbocycles. The van der Waals surface area contributed by atoms with Gasteiger partial charge in [-0.2, -0.15) is 0 Å². The lowest BCUT2D eigenvalue weighted by Crippen LogP contribution is -2.26. The Morgan fingerprint density at radius 2 is 0.527 bits per heavy atom. The number of hydrogen-bond donors (Lipinski definition) is 0. The summed E-state index contributed by atoms with van der Waals surface area (Å²) in [6.45, 7) is 16.5. The van der Waals surface area contributed by atoms with E-state index in [-0.39, 0.29) is 16.2 Å². The second-order valence-corrected chi connectivity index (χ2v) is 33.4. The molecule has 16 aromatic rings. The van der Waals surface area contributed by atoms with E-state index < -0.39 is 10.8 Å². The molecular weight excluding hydrogens is 1330 g/mol. The van der Waals surface area contributed by atoms with Crippen molar-refractivity contribution in [3.63, 3.8) is 0 Å². The molecule has 2 spiro atoms. The molecular formula is C108H80N2. The third kappa shape index (κ3) is 8.82. The number of nitrogens with zero attached hydrogens (tertiary/aromatic N) is 2. The van der Waals surface area contributed by atoms with Crippen LogP contribution in [0.1, 0.15) is 121 Å². The first-order valence-corrected chi connectivity index (χ1v) is 39.1. The van der Waals surface area contributed by atoms with Crippen LogP contribution in [-0.4, -0.2) is 0 Å². The van der Waals surface area contributed by atoms with E-state index in [4.69, 9.17) is 0 Å². The van der Waals surface area contributed by atoms with Crippen molar-refractivity contribution < 1.29 is 0 Å². The van der Waals surface area contributed by atoms with Crippen LogP contribution in [0.4, 0.5) is 34.1 Å². The highest BCUT2D eigenvalue weighted by atomic mass is 15.2. The topological polar surface area (TPSA) is 6.48 Å². The van der Waals surface area contributed by atoms with E-state index in [1.54, 1.807) is 0 Å². The smallest absolute Gasteiger partial charge is 0.0726 e. The van der Waals surface area contributed by atoms with Crippen molar-refractivity contribution in [2.75, 3.05) is 9.80 Å². The van der Waals surface area contributed by atoms with Crippen LogP contribution in [0.5, 0.6) is 0 Å². The summed E-state index contributed by atoms with van der Waals surface area (Å²) in [5.41, 5.74) is 44.8. The molecule has 1 unspecified atom stereocenters. The average molecular weight is 1410 g/mol. The van der Waals surface area contributed by atoms with E-state index in [1.165, 1.54) is 173 Å². The highest BCUT2D eigenvalue weighted by molar-refractivity contribution is 6.05. The molecule has 0 saturated carbocycles. The molecule has 6 aliphatic carbocycles. The van der Waals surface area contributed by atoms with Crippen molar-refractivity contribution in [1.82, 2.24) is 0 Å². The van der Waals surface area contributed by atoms with Crippen LogP contribution in [0.25, 0.3) is 100 Å². The average Bonchev–Trinajstić information content (AvgIpc) is 1.51. The molecule has 0 N–H and O–H groups in total. The molecule has 1 atom stereocenters. The van der Waals surface area contributed by atoms with Gasteiger partial charge in [0.05, 0.1) is 22.2 Å². The lowest BCUT2D eigenvalue weighted by Gasteiger charge is -2.33. The van der Waals surface area contributed by atoms with Gasteiger partial charge >= 0.3 is 0 Å². The highest BCUT2D eigenvalue weighted by Crippen LogP contribution is 2.68. The van der Waals surface area contributed by atoms with E-state index in [2.05, 4.69) is 416 Å². The minimum atomic E-state index is -0.651. The summed E-state index contributed by atoms with van der Waals surface area (Å²) in [4.78, 5) is 5.15. The zero-order valence-electron chi connectivity index (χ0n) is 63.0. The van der Waals surface area contributed by atoms with Gasteiger partial charge in [0.25, 0.3) is 0 Å². The molecule has 2 nitrogen and oxygen atoms in total. The van der Waals surface area contributed by atoms with Gasteiger partial charge in [-0.25, -0.2) is 0 Å². The summed E-state index contributed by atoms with van der Waals surface area (Å²) in [5, 5.41) is 0. The zero-order valence-corrected chi connectivity index (χ0v) is 63.0. The van der Waals surface area contributed by atoms with Crippen molar-refractivity contribution in [1.29, 1.82) is 0 Å². The first kappa shape index (κ1) is 64.3. The maximum absolute atomic E-state index is 2.60. The van der Waals surface area contributed by atoms with Gasteiger partial charge < -0.3 is 9.80 Å². The van der Waals surface area contributed by atoms with Crippen LogP contribution in [0.3, 0.4) is 0 Å². The monoisotopic (exact) mass is 1400 g/mol. The summed E-state index contributed by atoms with van der Waals surface area (Å²) < 4.78 is 0. The lowest BCUT2D eigenvalue weighted by atomic mass is 9.70. The molecule has 2 heteroatoms. The minimum absolute atomic E-state index is 0.00602. The van der Waals surface area contributed by atoms with Gasteiger partial charge in [0.2, 0.25) is 0 Å². The zero-order chi connectivity index (χ0) is 73.7. The van der Waals surface area contributed by atoms with E-state index in [0.29, 0.717) is 0 Å². The molecule has 22 rings (SSSR count). The predicted molar refractivity (Wildman–Crippen MR) is 459 cm³/mol. The molecule has 0 amide bonds. The summed E-state index contributed by atoms with van der Waals surface area (Å²) in [6.07, 6.45) is 0. The summed E-state index contributed by atoms with van der Waals surface area (Å²) in [6, 6.07) is 137. The number of fused-ring (bicyclic) bond motifs is 26. The van der Waals surface area contributed by atoms with Crippen LogP contribution in [0, 0.1) is 0 Å². The number of benzene rings is 16. The Labute approximate surface area is 645 Å². The Bertz CT molecular complexity index is 6490. The normalized spacial score (nSPS) is 15.7. The molecule has 522 valence electrons. The van der Waals surface area contributed by atoms with Crippen molar-refractivity contribution in [2.45, 2.75) is 75.5 Å². The van der Waals surface area contributed by atoms with Gasteiger partial charge in [0.15, 0.2) is 0 Å². The van der Waals surface area contributed by atoms with Gasteiger partial charge in [-0.05, 0) is 246 Å². The Morgan fingerprint density at radius 1 is 0.200 bits per heavy atom. The van der Waals surface area contributed by atoms with Gasteiger partial charge in [-0.15, -0.1) is 0 Å². The Hall–Kier alpha value is -12.9. The van der Waals surface area contributed by atoms with Crippen LogP contribution in [-0.2, 0) is 27.1 Å². The second-order valence-electron chi connectivity index (χ2n) is 33.4. The molecule has 0 aliphatic heterocycles. The summed E-state index contributed by atoms with van der Waals surface area (Å²) in [5.74, 6) is 0. The second kappa shape index (κ2) is 23.3. The van der Waals surface area contributed by atoms with Crippen LogP contribution < -0.4 is 9.80 Å². The molecule has 0 aromatic heterocycles. The fraction of sp³-hybridized carbons (Fsp3) is 0.111. The predicted octanol–water partition coefficient (Wildman–Crippen LogP) is 28.2. The van der Waals surface area contributed by atoms with Gasteiger partial charge in [-0.1, -0.05) is 328 Å². The molecule has 0 radical (unpaired) electrons. The fourth-order valence-electron chi connectivity index (χ4n) is 21.0. The SMILES string of the molecule is CC(C)(C)c1ccc(N(c2ccc3c(c2)C(C)(C)c2ccccc2-3)c2cccc3c2-c2ccccc2C32c3ccccc3-c3cc(-c4cccc(N(c5ccc6c(c5)C(C)(C)c5ccccc5-6)c5cccc6c5-c5ccccc5C65c6cc(-c7ccccc7)ccc6-c6ccc(-c7ccccc7)cc65)c4)ccc32)cc1.